The van der Waals surface area contributed by atoms with E-state index in [-0.39, 0.29) is 0 Å². The van der Waals surface area contributed by atoms with Crippen LogP contribution in [-0.4, -0.2) is 26.2 Å². The number of fused-ring (bicyclic) bond motifs is 2. The molecule has 3 aromatic heterocycles. The molecule has 0 amide bonds. The van der Waals surface area contributed by atoms with E-state index in [2.05, 4.69) is 37.3 Å². The molecule has 6 nitrogen and oxygen atoms in total. The van der Waals surface area contributed by atoms with E-state index >= 15 is 0 Å². The smallest absolute Gasteiger partial charge is 0.225 e. The highest BCUT2D eigenvalue weighted by Gasteiger charge is 2.19. The van der Waals surface area contributed by atoms with Gasteiger partial charge >= 0.3 is 0 Å². The van der Waals surface area contributed by atoms with E-state index in [0.717, 1.165) is 32.6 Å². The van der Waals surface area contributed by atoms with E-state index in [1.54, 1.807) is 11.3 Å². The highest BCUT2D eigenvalue weighted by Crippen LogP contribution is 2.31. The van der Waals surface area contributed by atoms with Crippen molar-refractivity contribution in [3.8, 4) is 0 Å². The lowest BCUT2D eigenvalue weighted by atomic mass is 9.93. The van der Waals surface area contributed by atoms with Gasteiger partial charge in [0.15, 0.2) is 5.82 Å². The van der Waals surface area contributed by atoms with Gasteiger partial charge in [-0.15, -0.1) is 11.3 Å². The number of aromatic amines is 1. The molecule has 1 saturated carbocycles. The third-order valence-corrected chi connectivity index (χ3v) is 5.36. The van der Waals surface area contributed by atoms with E-state index < -0.39 is 0 Å². The van der Waals surface area contributed by atoms with Gasteiger partial charge in [0.2, 0.25) is 5.95 Å². The maximum absolute atomic E-state index is 4.71. The van der Waals surface area contributed by atoms with Crippen molar-refractivity contribution in [1.29, 1.82) is 0 Å². The second kappa shape index (κ2) is 5.45. The maximum atomic E-state index is 4.71. The molecule has 1 aliphatic rings. The number of benzene rings is 1. The summed E-state index contributed by atoms with van der Waals surface area (Å²) < 4.78 is 1.07. The molecule has 3 N–H and O–H groups in total. The Labute approximate surface area is 142 Å². The van der Waals surface area contributed by atoms with E-state index in [1.165, 1.54) is 19.3 Å². The fraction of sp³-hybridized carbons (Fsp3) is 0.235. The SMILES string of the molecule is c1cc2nc(NC3CCC3)nc(Nc3ccc4[nH]ncc4c3)c2s1. The molecule has 0 aliphatic heterocycles. The topological polar surface area (TPSA) is 78.5 Å². The van der Waals surface area contributed by atoms with Crippen LogP contribution >= 0.6 is 11.3 Å². The Hall–Kier alpha value is -2.67. The quantitative estimate of drug-likeness (QED) is 0.518. The van der Waals surface area contributed by atoms with Crippen molar-refractivity contribution in [2.75, 3.05) is 10.6 Å². The first-order chi connectivity index (χ1) is 11.8. The standard InChI is InChI=1S/C17H16N6S/c1-2-11(3-1)20-17-21-14-6-7-24-15(14)16(22-17)19-12-4-5-13-10(8-12)9-18-23-13/h4-9,11H,1-3H2,(H,18,23)(H2,19,20,21,22). The van der Waals surface area contributed by atoms with E-state index in [1.807, 2.05) is 24.4 Å². The van der Waals surface area contributed by atoms with Crippen LogP contribution < -0.4 is 10.6 Å². The van der Waals surface area contributed by atoms with Gasteiger partial charge in [-0.1, -0.05) is 0 Å². The van der Waals surface area contributed by atoms with Crippen molar-refractivity contribution >= 4 is 49.9 Å². The van der Waals surface area contributed by atoms with Crippen LogP contribution in [0.2, 0.25) is 0 Å². The van der Waals surface area contributed by atoms with Crippen LogP contribution in [0, 0.1) is 0 Å². The van der Waals surface area contributed by atoms with Crippen LogP contribution in [0.4, 0.5) is 17.5 Å². The predicted molar refractivity (Wildman–Crippen MR) is 98.1 cm³/mol. The molecule has 120 valence electrons. The largest absolute Gasteiger partial charge is 0.351 e. The van der Waals surface area contributed by atoms with Gasteiger partial charge in [0, 0.05) is 17.1 Å². The zero-order valence-electron chi connectivity index (χ0n) is 12.9. The van der Waals surface area contributed by atoms with Gasteiger partial charge in [-0.05, 0) is 48.9 Å². The summed E-state index contributed by atoms with van der Waals surface area (Å²) in [5.74, 6) is 1.55. The fourth-order valence-electron chi connectivity index (χ4n) is 2.91. The van der Waals surface area contributed by atoms with Gasteiger partial charge in [-0.25, -0.2) is 4.98 Å². The summed E-state index contributed by atoms with van der Waals surface area (Å²) in [6.07, 6.45) is 5.51. The highest BCUT2D eigenvalue weighted by atomic mass is 32.1. The summed E-state index contributed by atoms with van der Waals surface area (Å²) >= 11 is 1.65. The molecule has 5 rings (SSSR count). The van der Waals surface area contributed by atoms with Crippen molar-refractivity contribution < 1.29 is 0 Å². The van der Waals surface area contributed by atoms with Gasteiger partial charge in [0.1, 0.15) is 0 Å². The lowest BCUT2D eigenvalue weighted by Gasteiger charge is -2.26. The van der Waals surface area contributed by atoms with E-state index in [0.29, 0.717) is 12.0 Å². The van der Waals surface area contributed by atoms with Crippen molar-refractivity contribution in [1.82, 2.24) is 20.2 Å². The molecule has 1 aliphatic carbocycles. The molecule has 0 atom stereocenters. The molecule has 0 bridgehead atoms. The average molecular weight is 336 g/mol. The monoisotopic (exact) mass is 336 g/mol. The zero-order valence-corrected chi connectivity index (χ0v) is 13.7. The molecule has 4 aromatic rings. The lowest BCUT2D eigenvalue weighted by Crippen LogP contribution is -2.28. The summed E-state index contributed by atoms with van der Waals surface area (Å²) in [6, 6.07) is 8.67. The Kier molecular flexibility index (Phi) is 3.12. The minimum Gasteiger partial charge on any atom is -0.351 e. The first-order valence-corrected chi connectivity index (χ1v) is 8.95. The van der Waals surface area contributed by atoms with Crippen molar-refractivity contribution in [2.24, 2.45) is 0 Å². The molecule has 0 spiro atoms. The van der Waals surface area contributed by atoms with Crippen molar-refractivity contribution in [3.63, 3.8) is 0 Å². The minimum atomic E-state index is 0.510. The number of hydrogen-bond acceptors (Lipinski definition) is 6. The number of thiophene rings is 1. The Morgan fingerprint density at radius 3 is 3.00 bits per heavy atom. The summed E-state index contributed by atoms with van der Waals surface area (Å²) in [7, 11) is 0. The summed E-state index contributed by atoms with van der Waals surface area (Å²) in [6.45, 7) is 0. The number of aromatic nitrogens is 4. The molecule has 3 heterocycles. The number of anilines is 3. The fourth-order valence-corrected chi connectivity index (χ4v) is 3.68. The molecular formula is C17H16N6S. The van der Waals surface area contributed by atoms with Crippen LogP contribution in [0.1, 0.15) is 19.3 Å². The Bertz CT molecular complexity index is 1020. The second-order valence-electron chi connectivity index (χ2n) is 6.10. The molecule has 7 heteroatoms. The molecule has 1 fully saturated rings. The Morgan fingerprint density at radius 2 is 2.12 bits per heavy atom. The molecule has 0 saturated heterocycles. The number of nitrogens with zero attached hydrogens (tertiary/aromatic N) is 3. The van der Waals surface area contributed by atoms with Gasteiger partial charge in [-0.3, -0.25) is 5.10 Å². The van der Waals surface area contributed by atoms with Crippen LogP contribution in [-0.2, 0) is 0 Å². The average Bonchev–Trinajstić information content (AvgIpc) is 3.19. The van der Waals surface area contributed by atoms with Crippen LogP contribution in [0.15, 0.2) is 35.8 Å². The predicted octanol–water partition coefficient (Wildman–Crippen LogP) is 4.28. The van der Waals surface area contributed by atoms with Gasteiger partial charge in [0.05, 0.1) is 21.9 Å². The van der Waals surface area contributed by atoms with Crippen LogP contribution in [0.25, 0.3) is 21.1 Å². The number of H-pyrrole nitrogens is 1. The highest BCUT2D eigenvalue weighted by molar-refractivity contribution is 7.17. The minimum absolute atomic E-state index is 0.510. The normalized spacial score (nSPS) is 14.8. The summed E-state index contributed by atoms with van der Waals surface area (Å²) in [5, 5.41) is 17.0. The van der Waals surface area contributed by atoms with Crippen LogP contribution in [0.5, 0.6) is 0 Å². The Morgan fingerprint density at radius 1 is 1.17 bits per heavy atom. The number of hydrogen-bond donors (Lipinski definition) is 3. The molecule has 24 heavy (non-hydrogen) atoms. The number of rotatable bonds is 4. The Balaban J connectivity index is 1.52. The van der Waals surface area contributed by atoms with Gasteiger partial charge in [0.25, 0.3) is 0 Å². The molecule has 0 radical (unpaired) electrons. The van der Waals surface area contributed by atoms with E-state index in [9.17, 15) is 0 Å². The summed E-state index contributed by atoms with van der Waals surface area (Å²) in [4.78, 5) is 9.35. The van der Waals surface area contributed by atoms with Gasteiger partial charge < -0.3 is 10.6 Å². The third kappa shape index (κ3) is 2.37. The number of nitrogens with one attached hydrogen (secondary N) is 3. The first-order valence-electron chi connectivity index (χ1n) is 8.07. The van der Waals surface area contributed by atoms with E-state index in [4.69, 9.17) is 4.98 Å². The van der Waals surface area contributed by atoms with Gasteiger partial charge in [-0.2, -0.15) is 10.1 Å². The zero-order chi connectivity index (χ0) is 15.9. The summed E-state index contributed by atoms with van der Waals surface area (Å²) in [5.41, 5.74) is 2.99. The molecular weight excluding hydrogens is 320 g/mol. The van der Waals surface area contributed by atoms with Crippen molar-refractivity contribution in [3.05, 3.63) is 35.8 Å². The van der Waals surface area contributed by atoms with Crippen molar-refractivity contribution in [2.45, 2.75) is 25.3 Å². The molecule has 1 aromatic carbocycles. The van der Waals surface area contributed by atoms with Crippen LogP contribution in [0.3, 0.4) is 0 Å². The maximum Gasteiger partial charge on any atom is 0.225 e. The third-order valence-electron chi connectivity index (χ3n) is 4.44. The first kappa shape index (κ1) is 13.7. The second-order valence-corrected chi connectivity index (χ2v) is 7.02. The molecule has 0 unspecified atom stereocenters. The lowest BCUT2D eigenvalue weighted by molar-refractivity contribution is 0.443.